The van der Waals surface area contributed by atoms with Gasteiger partial charge in [0, 0.05) is 20.1 Å². The maximum atomic E-state index is 11.4. The Hall–Kier alpha value is -3.06. The molecule has 7 nitrogen and oxygen atoms in total. The number of carbonyl (C=O) groups excluding carboxylic acids is 1. The number of amides is 1. The van der Waals surface area contributed by atoms with E-state index >= 15 is 0 Å². The molecular formula is C21H25N3O4. The van der Waals surface area contributed by atoms with Crippen LogP contribution in [0.5, 0.6) is 5.75 Å². The van der Waals surface area contributed by atoms with Crippen molar-refractivity contribution in [1.82, 2.24) is 4.98 Å². The summed E-state index contributed by atoms with van der Waals surface area (Å²) in [6.07, 6.45) is -0.161. The van der Waals surface area contributed by atoms with Gasteiger partial charge in [-0.15, -0.1) is 0 Å². The first kappa shape index (κ1) is 19.7. The zero-order chi connectivity index (χ0) is 19.9. The van der Waals surface area contributed by atoms with Crippen LogP contribution < -0.4 is 15.4 Å². The van der Waals surface area contributed by atoms with Gasteiger partial charge in [-0.1, -0.05) is 24.3 Å². The number of anilines is 1. The number of likely N-dealkylation sites (N-methyl/N-ethyl adjacent to an activating group) is 1. The van der Waals surface area contributed by atoms with Gasteiger partial charge in [0.15, 0.2) is 5.58 Å². The SMILES string of the molecule is CCOC(Cc1ccc(OCCN(C)c2nc3ccccc3o2)cc1)C(N)=O. The van der Waals surface area contributed by atoms with Crippen LogP contribution in [-0.4, -0.2) is 43.8 Å². The van der Waals surface area contributed by atoms with Gasteiger partial charge in [-0.25, -0.2) is 0 Å². The highest BCUT2D eigenvalue weighted by atomic mass is 16.5. The van der Waals surface area contributed by atoms with Crippen LogP contribution in [0.15, 0.2) is 52.9 Å². The summed E-state index contributed by atoms with van der Waals surface area (Å²) in [6.45, 7) is 3.40. The highest BCUT2D eigenvalue weighted by molar-refractivity contribution is 5.79. The van der Waals surface area contributed by atoms with Crippen LogP contribution in [0.2, 0.25) is 0 Å². The fourth-order valence-electron chi connectivity index (χ4n) is 2.80. The van der Waals surface area contributed by atoms with Gasteiger partial charge in [0.2, 0.25) is 5.91 Å². The van der Waals surface area contributed by atoms with E-state index in [1.165, 1.54) is 0 Å². The topological polar surface area (TPSA) is 90.8 Å². The van der Waals surface area contributed by atoms with Crippen LogP contribution in [0.3, 0.4) is 0 Å². The second-order valence-corrected chi connectivity index (χ2v) is 6.43. The van der Waals surface area contributed by atoms with Gasteiger partial charge < -0.3 is 24.5 Å². The lowest BCUT2D eigenvalue weighted by molar-refractivity contribution is -0.129. The maximum absolute atomic E-state index is 11.4. The Labute approximate surface area is 164 Å². The quantitative estimate of drug-likeness (QED) is 0.579. The minimum absolute atomic E-state index is 0.447. The normalized spacial score (nSPS) is 12.1. The number of fused-ring (bicyclic) bond motifs is 1. The summed E-state index contributed by atoms with van der Waals surface area (Å²) < 4.78 is 16.9. The van der Waals surface area contributed by atoms with Crippen LogP contribution in [0.25, 0.3) is 11.1 Å². The van der Waals surface area contributed by atoms with Gasteiger partial charge in [0.05, 0.1) is 6.54 Å². The van der Waals surface area contributed by atoms with Gasteiger partial charge in [-0.05, 0) is 36.8 Å². The van der Waals surface area contributed by atoms with Crippen molar-refractivity contribution in [1.29, 1.82) is 0 Å². The van der Waals surface area contributed by atoms with Crippen LogP contribution in [-0.2, 0) is 16.0 Å². The van der Waals surface area contributed by atoms with Crippen molar-refractivity contribution in [2.75, 3.05) is 31.7 Å². The fraction of sp³-hybridized carbons (Fsp3) is 0.333. The Bertz CT molecular complexity index is 874. The molecule has 3 aromatic rings. The van der Waals surface area contributed by atoms with E-state index in [-0.39, 0.29) is 0 Å². The summed E-state index contributed by atoms with van der Waals surface area (Å²) in [5, 5.41) is 0. The molecule has 3 rings (SSSR count). The molecule has 0 aliphatic carbocycles. The first-order valence-electron chi connectivity index (χ1n) is 9.26. The number of oxazole rings is 1. The van der Waals surface area contributed by atoms with E-state index in [2.05, 4.69) is 4.98 Å². The zero-order valence-electron chi connectivity index (χ0n) is 16.1. The number of primary amides is 1. The van der Waals surface area contributed by atoms with Crippen molar-refractivity contribution in [3.63, 3.8) is 0 Å². The van der Waals surface area contributed by atoms with Crippen molar-refractivity contribution in [2.24, 2.45) is 5.73 Å². The molecule has 0 saturated heterocycles. The molecule has 0 bridgehead atoms. The van der Waals surface area contributed by atoms with Crippen LogP contribution >= 0.6 is 0 Å². The number of nitrogens with two attached hydrogens (primary N) is 1. The number of aromatic nitrogens is 1. The molecule has 1 atom stereocenters. The molecule has 1 amide bonds. The summed E-state index contributed by atoms with van der Waals surface area (Å²) in [4.78, 5) is 17.8. The van der Waals surface area contributed by atoms with Crippen LogP contribution in [0.1, 0.15) is 12.5 Å². The molecule has 0 fully saturated rings. The Balaban J connectivity index is 1.49. The molecule has 148 valence electrons. The Morgan fingerprint density at radius 1 is 1.21 bits per heavy atom. The van der Waals surface area contributed by atoms with Crippen molar-refractivity contribution >= 4 is 23.0 Å². The Morgan fingerprint density at radius 3 is 2.64 bits per heavy atom. The number of hydrogen-bond acceptors (Lipinski definition) is 6. The summed E-state index contributed by atoms with van der Waals surface area (Å²) in [5.41, 5.74) is 7.93. The van der Waals surface area contributed by atoms with E-state index in [1.807, 2.05) is 67.4 Å². The number of nitrogens with zero attached hydrogens (tertiary/aromatic N) is 2. The fourth-order valence-corrected chi connectivity index (χ4v) is 2.80. The number of carbonyl (C=O) groups is 1. The van der Waals surface area contributed by atoms with Crippen LogP contribution in [0, 0.1) is 0 Å². The summed E-state index contributed by atoms with van der Waals surface area (Å²) >= 11 is 0. The second-order valence-electron chi connectivity index (χ2n) is 6.43. The molecule has 0 aliphatic rings. The zero-order valence-corrected chi connectivity index (χ0v) is 16.1. The molecule has 2 N–H and O–H groups in total. The minimum atomic E-state index is -0.610. The van der Waals surface area contributed by atoms with Crippen molar-refractivity contribution in [2.45, 2.75) is 19.4 Å². The number of benzene rings is 2. The standard InChI is InChI=1S/C21H25N3O4/c1-3-26-19(20(22)25)14-15-8-10-16(11-9-15)27-13-12-24(2)21-23-17-6-4-5-7-18(17)28-21/h4-11,19H,3,12-14H2,1-2H3,(H2,22,25). The van der Waals surface area contributed by atoms with Gasteiger partial charge in [0.25, 0.3) is 6.01 Å². The molecule has 7 heteroatoms. The molecule has 0 spiro atoms. The van der Waals surface area contributed by atoms with Gasteiger partial charge in [0.1, 0.15) is 24.0 Å². The third-order valence-corrected chi connectivity index (χ3v) is 4.33. The molecule has 0 aliphatic heterocycles. The lowest BCUT2D eigenvalue weighted by Crippen LogP contribution is -2.33. The molecule has 0 saturated carbocycles. The first-order chi connectivity index (χ1) is 13.6. The lowest BCUT2D eigenvalue weighted by atomic mass is 10.1. The van der Waals surface area contributed by atoms with Gasteiger partial charge >= 0.3 is 0 Å². The smallest absolute Gasteiger partial charge is 0.298 e. The van der Waals surface area contributed by atoms with E-state index in [4.69, 9.17) is 19.6 Å². The third-order valence-electron chi connectivity index (χ3n) is 4.33. The third kappa shape index (κ3) is 5.01. The molecule has 1 heterocycles. The molecule has 28 heavy (non-hydrogen) atoms. The van der Waals surface area contributed by atoms with Crippen molar-refractivity contribution < 1.29 is 18.7 Å². The number of ether oxygens (including phenoxy) is 2. The number of hydrogen-bond donors (Lipinski definition) is 1. The maximum Gasteiger partial charge on any atom is 0.298 e. The second kappa shape index (κ2) is 9.23. The average molecular weight is 383 g/mol. The Morgan fingerprint density at radius 2 is 1.96 bits per heavy atom. The van der Waals surface area contributed by atoms with Gasteiger partial charge in [-0.3, -0.25) is 4.79 Å². The first-order valence-corrected chi connectivity index (χ1v) is 9.26. The summed E-state index contributed by atoms with van der Waals surface area (Å²) in [5.74, 6) is 0.297. The predicted octanol–water partition coefficient (Wildman–Crippen LogP) is 2.78. The summed E-state index contributed by atoms with van der Waals surface area (Å²) in [6, 6.07) is 15.8. The number of rotatable bonds is 10. The van der Waals surface area contributed by atoms with E-state index in [0.717, 1.165) is 22.4 Å². The Kier molecular flexibility index (Phi) is 6.49. The molecule has 1 aromatic heterocycles. The van der Waals surface area contributed by atoms with Gasteiger partial charge in [-0.2, -0.15) is 4.98 Å². The highest BCUT2D eigenvalue weighted by Crippen LogP contribution is 2.20. The van der Waals surface area contributed by atoms with Crippen molar-refractivity contribution in [3.05, 3.63) is 54.1 Å². The van der Waals surface area contributed by atoms with Crippen LogP contribution in [0.4, 0.5) is 6.01 Å². The minimum Gasteiger partial charge on any atom is -0.492 e. The highest BCUT2D eigenvalue weighted by Gasteiger charge is 2.16. The lowest BCUT2D eigenvalue weighted by Gasteiger charge is -2.15. The van der Waals surface area contributed by atoms with E-state index < -0.39 is 12.0 Å². The van der Waals surface area contributed by atoms with E-state index in [1.54, 1.807) is 0 Å². The molecule has 0 radical (unpaired) electrons. The summed E-state index contributed by atoms with van der Waals surface area (Å²) in [7, 11) is 1.91. The monoisotopic (exact) mass is 383 g/mol. The molecular weight excluding hydrogens is 358 g/mol. The van der Waals surface area contributed by atoms with Crippen molar-refractivity contribution in [3.8, 4) is 5.75 Å². The van der Waals surface area contributed by atoms with E-state index in [9.17, 15) is 4.79 Å². The van der Waals surface area contributed by atoms with E-state index in [0.29, 0.717) is 32.2 Å². The predicted molar refractivity (Wildman–Crippen MR) is 108 cm³/mol. The largest absolute Gasteiger partial charge is 0.492 e. The molecule has 2 aromatic carbocycles. The molecule has 1 unspecified atom stereocenters. The number of para-hydroxylation sites is 2. The average Bonchev–Trinajstić information content (AvgIpc) is 3.13.